The van der Waals surface area contributed by atoms with Gasteiger partial charge in [-0.3, -0.25) is 19.3 Å². The number of ether oxygens (including phenoxy) is 3. The van der Waals surface area contributed by atoms with Gasteiger partial charge in [-0.2, -0.15) is 0 Å². The van der Waals surface area contributed by atoms with E-state index in [0.29, 0.717) is 49.9 Å². The summed E-state index contributed by atoms with van der Waals surface area (Å²) >= 11 is 0. The van der Waals surface area contributed by atoms with Crippen molar-refractivity contribution >= 4 is 34.3 Å². The quantitative estimate of drug-likeness (QED) is 0.137. The average molecular weight is 879 g/mol. The maximum Gasteiger partial charge on any atom is 0.405 e. The summed E-state index contributed by atoms with van der Waals surface area (Å²) in [6.45, 7) is 8.71. The molecule has 1 heterocycles. The number of aliphatic hydroxyl groups is 2. The molecule has 344 valence electrons. The van der Waals surface area contributed by atoms with Crippen molar-refractivity contribution in [3.63, 3.8) is 0 Å². The van der Waals surface area contributed by atoms with Gasteiger partial charge in [0, 0.05) is 62.5 Å². The number of hydrogen-bond donors (Lipinski definition) is 5. The number of nitrogens with two attached hydrogens (primary N) is 1. The van der Waals surface area contributed by atoms with E-state index in [4.69, 9.17) is 19.9 Å². The predicted octanol–water partition coefficient (Wildman–Crippen LogP) is 6.09. The summed E-state index contributed by atoms with van der Waals surface area (Å²) in [5, 5.41) is 31.9. The highest BCUT2D eigenvalue weighted by atomic mass is 16.6. The van der Waals surface area contributed by atoms with Gasteiger partial charge in [-0.25, -0.2) is 4.79 Å². The number of aliphatic hydroxyl groups excluding tert-OH is 1. The van der Waals surface area contributed by atoms with Crippen LogP contribution in [0.5, 0.6) is 0 Å². The number of nitrogens with zero attached hydrogens (tertiary/aromatic N) is 1. The highest BCUT2D eigenvalue weighted by molar-refractivity contribution is 6.23. The number of allylic oxidation sites excluding steroid dienone is 4. The minimum atomic E-state index is -1.00. The second-order valence-electron chi connectivity index (χ2n) is 19.4. The van der Waals surface area contributed by atoms with Crippen molar-refractivity contribution in [1.82, 2.24) is 15.5 Å². The third-order valence-electron chi connectivity index (χ3n) is 14.3. The van der Waals surface area contributed by atoms with Crippen molar-refractivity contribution in [2.24, 2.45) is 29.4 Å². The van der Waals surface area contributed by atoms with E-state index in [1.807, 2.05) is 26.0 Å². The number of primary amides is 1. The number of Topliss-reactive ketones (excluding diaryl/α,β-unsaturated/α-hetero) is 1. The van der Waals surface area contributed by atoms with E-state index in [9.17, 15) is 29.4 Å². The number of hydrogen-bond acceptors (Lipinski definition) is 11. The molecule has 8 rings (SSSR count). The normalized spacial score (nSPS) is 34.8. The first kappa shape index (κ1) is 47.1. The number of carbonyl (C=O) groups excluding carboxylic acids is 4. The smallest absolute Gasteiger partial charge is 0.405 e. The number of nitrogens with one attached hydrogen (secondary N) is 2. The number of fused-ring (bicyclic) bond motifs is 3. The van der Waals surface area contributed by atoms with Crippen LogP contribution < -0.4 is 16.4 Å². The fourth-order valence-corrected chi connectivity index (χ4v) is 11.7. The van der Waals surface area contributed by atoms with Crippen molar-refractivity contribution in [3.05, 3.63) is 107 Å². The minimum Gasteiger partial charge on any atom is -0.439 e. The molecule has 2 unspecified atom stereocenters. The zero-order valence-electron chi connectivity index (χ0n) is 38.1. The molecule has 64 heavy (non-hydrogen) atoms. The topological polar surface area (TPSA) is 190 Å². The molecule has 0 aromatic heterocycles. The molecule has 0 radical (unpaired) electrons. The number of amides is 2. The SMILES string of the molecule is CO[C@H]1/C=C\C=C(/C)C(=O)NC2=CC(=O)C(NCCN(Cc3ccc4ccccc4c3)C34CC5CC(CC(O)(C5)C3)C4)=C(C[C@@H](C)C[C@H](OC)[C@H](O)[C@@H](C)/C=C(\C)[C@@H]1OC(N)=O)C2=O. The maximum atomic E-state index is 14.5. The van der Waals surface area contributed by atoms with Crippen molar-refractivity contribution in [2.75, 3.05) is 27.3 Å². The average Bonchev–Trinajstić information content (AvgIpc) is 3.24. The Balaban J connectivity index is 1.18. The second kappa shape index (κ2) is 19.7. The Kier molecular flexibility index (Phi) is 14.5. The molecule has 2 aromatic rings. The van der Waals surface area contributed by atoms with Gasteiger partial charge in [-0.15, -0.1) is 0 Å². The highest BCUT2D eigenvalue weighted by Crippen LogP contribution is 2.59. The molecule has 2 amide bonds. The standard InChI is InChI=1S/C51H66N4O9/c1-30-18-39-44(53-16-17-55(28-34-14-15-37-11-7-8-12-38(37)22-34)50-24-35-21-36(25-50)27-51(61,26-35)29-50)41(56)23-40(46(39)58)54-48(59)31(2)10-9-13-42(62-5)47(64-49(52)60)33(4)20-32(3)45(57)43(19-30)63-6/h7-15,20,22-23,30,32,35-36,42-43,45,47,53,57,61H,16-19,21,24-29H2,1-6H3,(H2,52,60)(H,54,59)/b13-9-,31-10+,33-20+/t30-,32+,35?,36?,42+,43+,45-,47+,50?,51?/m1/s1. The minimum absolute atomic E-state index is 0.126. The molecule has 4 fully saturated rings. The zero-order chi connectivity index (χ0) is 45.9. The highest BCUT2D eigenvalue weighted by Gasteiger charge is 2.59. The number of benzene rings is 2. The zero-order valence-corrected chi connectivity index (χ0v) is 38.1. The first-order valence-corrected chi connectivity index (χ1v) is 22.8. The molecule has 6 N–H and O–H groups in total. The third kappa shape index (κ3) is 10.4. The molecule has 5 aliphatic carbocycles. The second-order valence-corrected chi connectivity index (χ2v) is 19.4. The molecule has 6 aliphatic rings. The first-order valence-electron chi connectivity index (χ1n) is 22.8. The fraction of sp³-hybridized carbons (Fsp3) is 0.529. The van der Waals surface area contributed by atoms with Gasteiger partial charge in [-0.1, -0.05) is 74.5 Å². The largest absolute Gasteiger partial charge is 0.439 e. The molecule has 13 heteroatoms. The summed E-state index contributed by atoms with van der Waals surface area (Å²) in [4.78, 5) is 56.7. The summed E-state index contributed by atoms with van der Waals surface area (Å²) in [6, 6.07) is 14.9. The number of ketones is 2. The molecule has 2 aromatic carbocycles. The Bertz CT molecular complexity index is 2260. The van der Waals surface area contributed by atoms with E-state index in [2.05, 4.69) is 45.9 Å². The van der Waals surface area contributed by atoms with E-state index >= 15 is 0 Å². The summed E-state index contributed by atoms with van der Waals surface area (Å²) in [5.41, 5.74) is 6.91. The van der Waals surface area contributed by atoms with Crippen LogP contribution in [-0.2, 0) is 35.1 Å². The molecule has 0 saturated heterocycles. The van der Waals surface area contributed by atoms with Gasteiger partial charge in [0.1, 0.15) is 6.10 Å². The van der Waals surface area contributed by atoms with Gasteiger partial charge in [0.25, 0.3) is 5.91 Å². The molecule has 1 aliphatic heterocycles. The van der Waals surface area contributed by atoms with Gasteiger partial charge < -0.3 is 40.8 Å². The predicted molar refractivity (Wildman–Crippen MR) is 244 cm³/mol. The molecular weight excluding hydrogens is 813 g/mol. The molecule has 0 spiro atoms. The third-order valence-corrected chi connectivity index (χ3v) is 14.3. The molecular formula is C51H66N4O9. The van der Waals surface area contributed by atoms with Crippen molar-refractivity contribution in [3.8, 4) is 0 Å². The Labute approximate surface area is 376 Å². The summed E-state index contributed by atoms with van der Waals surface area (Å²) in [7, 11) is 2.96. The monoisotopic (exact) mass is 878 g/mol. The summed E-state index contributed by atoms with van der Waals surface area (Å²) < 4.78 is 17.0. The van der Waals surface area contributed by atoms with Gasteiger partial charge in [-0.05, 0) is 111 Å². The molecule has 6 bridgehead atoms. The van der Waals surface area contributed by atoms with Crippen molar-refractivity contribution in [2.45, 2.75) is 121 Å². The Morgan fingerprint density at radius 1 is 0.984 bits per heavy atom. The molecule has 4 saturated carbocycles. The van der Waals surface area contributed by atoms with E-state index < -0.39 is 59.5 Å². The lowest BCUT2D eigenvalue weighted by atomic mass is 9.50. The van der Waals surface area contributed by atoms with Crippen LogP contribution >= 0.6 is 0 Å². The van der Waals surface area contributed by atoms with Crippen LogP contribution in [0, 0.1) is 23.7 Å². The van der Waals surface area contributed by atoms with Crippen LogP contribution in [0.4, 0.5) is 4.79 Å². The van der Waals surface area contributed by atoms with Crippen LogP contribution in [0.15, 0.2) is 101 Å². The number of carbonyl (C=O) groups is 4. The van der Waals surface area contributed by atoms with E-state index in [-0.39, 0.29) is 40.4 Å². The van der Waals surface area contributed by atoms with Crippen molar-refractivity contribution < 1.29 is 43.6 Å². The van der Waals surface area contributed by atoms with Crippen LogP contribution in [0.25, 0.3) is 10.8 Å². The van der Waals surface area contributed by atoms with Gasteiger partial charge in [0.05, 0.1) is 29.2 Å². The fourth-order valence-electron chi connectivity index (χ4n) is 11.7. The Morgan fingerprint density at radius 2 is 1.70 bits per heavy atom. The van der Waals surface area contributed by atoms with E-state index in [1.54, 1.807) is 32.1 Å². The lowest BCUT2D eigenvalue weighted by molar-refractivity contribution is -0.177. The molecule has 8 atom stereocenters. The van der Waals surface area contributed by atoms with E-state index in [0.717, 1.165) is 32.1 Å². The van der Waals surface area contributed by atoms with Crippen molar-refractivity contribution in [1.29, 1.82) is 0 Å². The Morgan fingerprint density at radius 3 is 2.38 bits per heavy atom. The van der Waals surface area contributed by atoms with E-state index in [1.165, 1.54) is 42.7 Å². The van der Waals surface area contributed by atoms with Crippen LogP contribution in [0.1, 0.15) is 84.6 Å². The summed E-state index contributed by atoms with van der Waals surface area (Å²) in [5.74, 6) is -1.25. The lowest BCUT2D eigenvalue weighted by Crippen LogP contribution is -2.65. The maximum absolute atomic E-state index is 14.5. The number of methoxy groups -OCH3 is 2. The molecule has 13 nitrogen and oxygen atoms in total. The van der Waals surface area contributed by atoms with Gasteiger partial charge >= 0.3 is 6.09 Å². The number of rotatable bonds is 10. The van der Waals surface area contributed by atoms with Gasteiger partial charge in [0.2, 0.25) is 11.6 Å². The summed E-state index contributed by atoms with van der Waals surface area (Å²) in [6.07, 6.45) is 9.40. The van der Waals surface area contributed by atoms with Crippen LogP contribution in [-0.4, -0.2) is 102 Å². The van der Waals surface area contributed by atoms with Gasteiger partial charge in [0.15, 0.2) is 6.10 Å². The lowest BCUT2D eigenvalue weighted by Gasteiger charge is -2.63. The first-order chi connectivity index (χ1) is 30.5. The van der Waals surface area contributed by atoms with Crippen LogP contribution in [0.3, 0.4) is 0 Å². The van der Waals surface area contributed by atoms with Crippen LogP contribution in [0.2, 0.25) is 0 Å². The Hall–Kier alpha value is -4.92.